The number of alkyl halides is 1. The second kappa shape index (κ2) is 5.59. The van der Waals surface area contributed by atoms with Crippen LogP contribution in [0.5, 0.6) is 0 Å². The third-order valence-corrected chi connectivity index (χ3v) is 3.53. The first-order valence-electron chi connectivity index (χ1n) is 6.60. The molecule has 0 radical (unpaired) electrons. The molecule has 3 aromatic rings. The summed E-state index contributed by atoms with van der Waals surface area (Å²) in [6, 6.07) is 9.88. The molecule has 1 atom stereocenters. The lowest BCUT2D eigenvalue weighted by molar-refractivity contribution is 0.603. The van der Waals surface area contributed by atoms with Crippen molar-refractivity contribution in [3.05, 3.63) is 54.2 Å². The second-order valence-electron chi connectivity index (χ2n) is 4.61. The van der Waals surface area contributed by atoms with Crippen molar-refractivity contribution in [2.24, 2.45) is 0 Å². The molecule has 3 aromatic heterocycles. The fourth-order valence-electron chi connectivity index (χ4n) is 2.40. The first-order valence-corrected chi connectivity index (χ1v) is 7.13. The van der Waals surface area contributed by atoms with Crippen molar-refractivity contribution in [1.29, 1.82) is 0 Å². The van der Waals surface area contributed by atoms with Crippen molar-refractivity contribution in [1.82, 2.24) is 19.5 Å². The van der Waals surface area contributed by atoms with Crippen LogP contribution in [0.1, 0.15) is 24.5 Å². The largest absolute Gasteiger partial charge is 0.304 e. The van der Waals surface area contributed by atoms with Crippen LogP contribution in [0.4, 0.5) is 0 Å². The summed E-state index contributed by atoms with van der Waals surface area (Å²) in [7, 11) is 0. The first-order chi connectivity index (χ1) is 9.81. The summed E-state index contributed by atoms with van der Waals surface area (Å²) in [6.07, 6.45) is 4.31. The summed E-state index contributed by atoms with van der Waals surface area (Å²) in [4.78, 5) is 13.5. The van der Waals surface area contributed by atoms with Crippen molar-refractivity contribution in [2.75, 3.05) is 5.88 Å². The van der Waals surface area contributed by atoms with Gasteiger partial charge in [0.05, 0.1) is 11.7 Å². The van der Waals surface area contributed by atoms with Crippen LogP contribution < -0.4 is 0 Å². The number of imidazole rings is 1. The van der Waals surface area contributed by atoms with Crippen LogP contribution in [0, 0.1) is 0 Å². The monoisotopic (exact) mass is 286 g/mol. The lowest BCUT2D eigenvalue weighted by Gasteiger charge is -2.16. The van der Waals surface area contributed by atoms with Crippen molar-refractivity contribution in [3.8, 4) is 0 Å². The Morgan fingerprint density at radius 1 is 1.15 bits per heavy atom. The van der Waals surface area contributed by atoms with E-state index in [0.29, 0.717) is 5.88 Å². The molecule has 0 aliphatic heterocycles. The SMILES string of the molecule is CC(c1ccccn1)n1c(CCCl)nc2cccnc21. The average Bonchev–Trinajstić information content (AvgIpc) is 2.86. The quantitative estimate of drug-likeness (QED) is 0.692. The Bertz CT molecular complexity index is 708. The zero-order valence-electron chi connectivity index (χ0n) is 11.2. The first kappa shape index (κ1) is 13.1. The van der Waals surface area contributed by atoms with Gasteiger partial charge in [0.1, 0.15) is 11.3 Å². The molecule has 102 valence electrons. The van der Waals surface area contributed by atoms with Crippen LogP contribution >= 0.6 is 11.6 Å². The number of aromatic nitrogens is 4. The Hall–Kier alpha value is -1.94. The summed E-state index contributed by atoms with van der Waals surface area (Å²) in [5, 5.41) is 0. The number of rotatable bonds is 4. The Balaban J connectivity index is 2.15. The van der Waals surface area contributed by atoms with Crippen LogP contribution in [-0.2, 0) is 6.42 Å². The van der Waals surface area contributed by atoms with Crippen LogP contribution in [0.15, 0.2) is 42.7 Å². The maximum atomic E-state index is 5.90. The summed E-state index contributed by atoms with van der Waals surface area (Å²) in [6.45, 7) is 2.11. The van der Waals surface area contributed by atoms with E-state index in [1.165, 1.54) is 0 Å². The molecular weight excluding hydrogens is 272 g/mol. The molecular formula is C15H15ClN4. The third kappa shape index (κ3) is 2.27. The Morgan fingerprint density at radius 2 is 2.00 bits per heavy atom. The maximum absolute atomic E-state index is 5.90. The van der Waals surface area contributed by atoms with Crippen LogP contribution in [0.2, 0.25) is 0 Å². The normalized spacial score (nSPS) is 12.7. The van der Waals surface area contributed by atoms with Crippen LogP contribution in [0.3, 0.4) is 0 Å². The van der Waals surface area contributed by atoms with Gasteiger partial charge in [0.25, 0.3) is 0 Å². The molecule has 20 heavy (non-hydrogen) atoms. The van der Waals surface area contributed by atoms with Gasteiger partial charge >= 0.3 is 0 Å². The molecule has 0 N–H and O–H groups in total. The minimum atomic E-state index is 0.0781. The second-order valence-corrected chi connectivity index (χ2v) is 4.99. The highest BCUT2D eigenvalue weighted by Crippen LogP contribution is 2.23. The summed E-state index contributed by atoms with van der Waals surface area (Å²) >= 11 is 5.90. The number of halogens is 1. The van der Waals surface area contributed by atoms with E-state index in [-0.39, 0.29) is 6.04 Å². The number of hydrogen-bond acceptors (Lipinski definition) is 3. The third-order valence-electron chi connectivity index (χ3n) is 3.34. The van der Waals surface area contributed by atoms with Crippen molar-refractivity contribution < 1.29 is 0 Å². The number of pyridine rings is 2. The molecule has 3 heterocycles. The Morgan fingerprint density at radius 3 is 2.75 bits per heavy atom. The minimum Gasteiger partial charge on any atom is -0.304 e. The molecule has 0 bridgehead atoms. The van der Waals surface area contributed by atoms with E-state index in [1.807, 2.05) is 30.3 Å². The molecule has 0 aliphatic carbocycles. The van der Waals surface area contributed by atoms with Gasteiger partial charge in [0.2, 0.25) is 0 Å². The molecule has 0 saturated heterocycles. The topological polar surface area (TPSA) is 43.6 Å². The van der Waals surface area contributed by atoms with Gasteiger partial charge in [-0.15, -0.1) is 11.6 Å². The number of hydrogen-bond donors (Lipinski definition) is 0. The predicted molar refractivity (Wildman–Crippen MR) is 80.0 cm³/mol. The minimum absolute atomic E-state index is 0.0781. The van der Waals surface area contributed by atoms with Crippen molar-refractivity contribution in [3.63, 3.8) is 0 Å². The summed E-state index contributed by atoms with van der Waals surface area (Å²) < 4.78 is 2.13. The highest BCUT2D eigenvalue weighted by atomic mass is 35.5. The van der Waals surface area contributed by atoms with Gasteiger partial charge in [-0.2, -0.15) is 0 Å². The molecule has 0 spiro atoms. The lowest BCUT2D eigenvalue weighted by Crippen LogP contribution is -2.13. The van der Waals surface area contributed by atoms with Crippen molar-refractivity contribution in [2.45, 2.75) is 19.4 Å². The van der Waals surface area contributed by atoms with Crippen molar-refractivity contribution >= 4 is 22.8 Å². The molecule has 3 rings (SSSR count). The number of nitrogens with zero attached hydrogens (tertiary/aromatic N) is 4. The summed E-state index contributed by atoms with van der Waals surface area (Å²) in [5.41, 5.74) is 2.77. The molecule has 1 unspecified atom stereocenters. The molecule has 0 aliphatic rings. The van der Waals surface area contributed by atoms with E-state index in [4.69, 9.17) is 11.6 Å². The molecule has 5 heteroatoms. The van der Waals surface area contributed by atoms with Gasteiger partial charge in [-0.05, 0) is 31.2 Å². The molecule has 0 amide bonds. The fraction of sp³-hybridized carbons (Fsp3) is 0.267. The van der Waals surface area contributed by atoms with E-state index < -0.39 is 0 Å². The molecule has 0 saturated carbocycles. The Kier molecular flexibility index (Phi) is 3.65. The van der Waals surface area contributed by atoms with Gasteiger partial charge < -0.3 is 4.57 Å². The average molecular weight is 287 g/mol. The van der Waals surface area contributed by atoms with E-state index in [1.54, 1.807) is 12.4 Å². The lowest BCUT2D eigenvalue weighted by atomic mass is 10.2. The molecule has 0 aromatic carbocycles. The highest BCUT2D eigenvalue weighted by Gasteiger charge is 2.18. The number of fused-ring (bicyclic) bond motifs is 1. The van der Waals surface area contributed by atoms with E-state index in [0.717, 1.165) is 29.1 Å². The fourth-order valence-corrected chi connectivity index (χ4v) is 2.57. The van der Waals surface area contributed by atoms with E-state index in [9.17, 15) is 0 Å². The Labute approximate surface area is 122 Å². The van der Waals surface area contributed by atoms with Gasteiger partial charge in [0, 0.05) is 24.7 Å². The number of aryl methyl sites for hydroxylation is 1. The van der Waals surface area contributed by atoms with Crippen LogP contribution in [-0.4, -0.2) is 25.4 Å². The smallest absolute Gasteiger partial charge is 0.160 e. The van der Waals surface area contributed by atoms with Gasteiger partial charge in [0.15, 0.2) is 5.65 Å². The standard InChI is InChI=1S/C15H15ClN4/c1-11(12-5-2-3-9-17-12)20-14(7-8-16)19-13-6-4-10-18-15(13)20/h2-6,9-11H,7-8H2,1H3. The maximum Gasteiger partial charge on any atom is 0.160 e. The highest BCUT2D eigenvalue weighted by molar-refractivity contribution is 6.17. The zero-order valence-corrected chi connectivity index (χ0v) is 12.0. The van der Waals surface area contributed by atoms with E-state index >= 15 is 0 Å². The van der Waals surface area contributed by atoms with Crippen LogP contribution in [0.25, 0.3) is 11.2 Å². The summed E-state index contributed by atoms with van der Waals surface area (Å²) in [5.74, 6) is 1.49. The zero-order chi connectivity index (χ0) is 13.9. The van der Waals surface area contributed by atoms with Gasteiger partial charge in [-0.25, -0.2) is 9.97 Å². The van der Waals surface area contributed by atoms with Gasteiger partial charge in [-0.3, -0.25) is 4.98 Å². The van der Waals surface area contributed by atoms with Gasteiger partial charge in [-0.1, -0.05) is 6.07 Å². The molecule has 4 nitrogen and oxygen atoms in total. The predicted octanol–water partition coefficient (Wildman–Crippen LogP) is 3.22. The molecule has 0 fully saturated rings. The van der Waals surface area contributed by atoms with E-state index in [2.05, 4.69) is 26.4 Å².